The molecule has 2 nitrogen and oxygen atoms in total. The van der Waals surface area contributed by atoms with E-state index in [2.05, 4.69) is 15.9 Å². The summed E-state index contributed by atoms with van der Waals surface area (Å²) in [5.74, 6) is 0. The molecule has 0 saturated heterocycles. The Kier molecular flexibility index (Phi) is 2.41. The van der Waals surface area contributed by atoms with Crippen molar-refractivity contribution in [2.24, 2.45) is 0 Å². The monoisotopic (exact) mass is 240 g/mol. The summed E-state index contributed by atoms with van der Waals surface area (Å²) in [5, 5.41) is 12.5. The van der Waals surface area contributed by atoms with Crippen molar-refractivity contribution in [3.05, 3.63) is 39.0 Å². The van der Waals surface area contributed by atoms with E-state index >= 15 is 0 Å². The fraction of sp³-hybridized carbons (Fsp3) is 0.400. The summed E-state index contributed by atoms with van der Waals surface area (Å²) in [6.07, 6.45) is 0.852. The molecule has 1 atom stereocenters. The number of hydrogen-bond donors (Lipinski definition) is 0. The van der Waals surface area contributed by atoms with Crippen molar-refractivity contribution in [2.75, 3.05) is 6.54 Å². The SMILES string of the molecule is CC1c2cccc(Br)c2CCN1[O-]. The second-order valence-corrected chi connectivity index (χ2v) is 4.23. The van der Waals surface area contributed by atoms with Crippen molar-refractivity contribution >= 4 is 15.9 Å². The molecule has 70 valence electrons. The lowest BCUT2D eigenvalue weighted by Gasteiger charge is -2.40. The molecule has 1 aromatic rings. The maximum atomic E-state index is 11.4. The average molecular weight is 241 g/mol. The van der Waals surface area contributed by atoms with Gasteiger partial charge in [-0.2, -0.15) is 0 Å². The van der Waals surface area contributed by atoms with E-state index < -0.39 is 0 Å². The molecule has 0 radical (unpaired) electrons. The van der Waals surface area contributed by atoms with Crippen LogP contribution >= 0.6 is 15.9 Å². The van der Waals surface area contributed by atoms with Crippen LogP contribution < -0.4 is 0 Å². The Hall–Kier alpha value is -0.380. The normalized spacial score (nSPS) is 22.8. The van der Waals surface area contributed by atoms with Gasteiger partial charge in [0.15, 0.2) is 0 Å². The van der Waals surface area contributed by atoms with Gasteiger partial charge >= 0.3 is 0 Å². The molecule has 0 amide bonds. The van der Waals surface area contributed by atoms with Crippen molar-refractivity contribution in [1.29, 1.82) is 0 Å². The molecule has 1 aliphatic heterocycles. The van der Waals surface area contributed by atoms with E-state index in [1.165, 1.54) is 5.56 Å². The standard InChI is InChI=1S/C10H11BrNO/c1-7-8-3-2-4-10(11)9(8)5-6-12(7)13/h2-4,7H,5-6H2,1H3/q-1. The van der Waals surface area contributed by atoms with Crippen LogP contribution in [0, 0.1) is 5.21 Å². The lowest BCUT2D eigenvalue weighted by Crippen LogP contribution is -2.29. The quantitative estimate of drug-likeness (QED) is 0.698. The van der Waals surface area contributed by atoms with Crippen LogP contribution in [0.2, 0.25) is 0 Å². The van der Waals surface area contributed by atoms with E-state index in [4.69, 9.17) is 0 Å². The van der Waals surface area contributed by atoms with Gasteiger partial charge in [-0.3, -0.25) is 0 Å². The van der Waals surface area contributed by atoms with Gasteiger partial charge in [-0.05, 0) is 37.1 Å². The first kappa shape index (κ1) is 9.19. The van der Waals surface area contributed by atoms with Gasteiger partial charge in [0.1, 0.15) is 0 Å². The Labute approximate surface area is 86.3 Å². The van der Waals surface area contributed by atoms with Gasteiger partial charge in [0, 0.05) is 10.5 Å². The highest BCUT2D eigenvalue weighted by atomic mass is 79.9. The van der Waals surface area contributed by atoms with Gasteiger partial charge in [0.25, 0.3) is 0 Å². The van der Waals surface area contributed by atoms with Gasteiger partial charge in [-0.1, -0.05) is 28.1 Å². The molecule has 0 aliphatic carbocycles. The predicted molar refractivity (Wildman–Crippen MR) is 56.3 cm³/mol. The molecule has 3 heteroatoms. The largest absolute Gasteiger partial charge is 0.785 e. The maximum absolute atomic E-state index is 11.4. The van der Waals surface area contributed by atoms with Crippen LogP contribution in [0.1, 0.15) is 24.1 Å². The van der Waals surface area contributed by atoms with E-state index in [0.29, 0.717) is 6.54 Å². The van der Waals surface area contributed by atoms with Crippen LogP contribution in [-0.2, 0) is 6.42 Å². The number of benzene rings is 1. The summed E-state index contributed by atoms with van der Waals surface area (Å²) < 4.78 is 1.13. The number of nitrogens with zero attached hydrogens (tertiary/aromatic N) is 1. The fourth-order valence-corrected chi connectivity index (χ4v) is 2.38. The molecule has 1 aromatic carbocycles. The van der Waals surface area contributed by atoms with E-state index in [-0.39, 0.29) is 6.04 Å². The van der Waals surface area contributed by atoms with Crippen LogP contribution in [0.5, 0.6) is 0 Å². The molecule has 0 fully saturated rings. The van der Waals surface area contributed by atoms with Gasteiger partial charge in [0.05, 0.1) is 0 Å². The summed E-state index contributed by atoms with van der Waals surface area (Å²) in [5.41, 5.74) is 2.46. The number of halogens is 1. The molecular formula is C10H11BrNO-. The summed E-state index contributed by atoms with van der Waals surface area (Å²) >= 11 is 3.51. The average Bonchev–Trinajstić information content (AvgIpc) is 2.12. The number of fused-ring (bicyclic) bond motifs is 1. The van der Waals surface area contributed by atoms with Crippen molar-refractivity contribution in [3.8, 4) is 0 Å². The molecule has 1 unspecified atom stereocenters. The van der Waals surface area contributed by atoms with Gasteiger partial charge in [-0.25, -0.2) is 0 Å². The van der Waals surface area contributed by atoms with Crippen LogP contribution in [0.3, 0.4) is 0 Å². The maximum Gasteiger partial charge on any atom is 0.0211 e. The Morgan fingerprint density at radius 1 is 1.54 bits per heavy atom. The molecule has 0 spiro atoms. The highest BCUT2D eigenvalue weighted by Gasteiger charge is 2.18. The van der Waals surface area contributed by atoms with E-state index in [0.717, 1.165) is 21.5 Å². The van der Waals surface area contributed by atoms with E-state index in [1.54, 1.807) is 0 Å². The predicted octanol–water partition coefficient (Wildman–Crippen LogP) is 2.87. The highest BCUT2D eigenvalue weighted by molar-refractivity contribution is 9.10. The van der Waals surface area contributed by atoms with Crippen molar-refractivity contribution in [1.82, 2.24) is 5.06 Å². The van der Waals surface area contributed by atoms with Crippen LogP contribution in [0.25, 0.3) is 0 Å². The molecule has 13 heavy (non-hydrogen) atoms. The number of rotatable bonds is 0. The third-order valence-electron chi connectivity index (χ3n) is 2.62. The number of hydrogen-bond acceptors (Lipinski definition) is 2. The summed E-state index contributed by atoms with van der Waals surface area (Å²) in [6, 6.07) is 6.06. The molecule has 0 saturated carbocycles. The first-order valence-corrected chi connectivity index (χ1v) is 5.20. The minimum atomic E-state index is 0.00116. The third kappa shape index (κ3) is 1.52. The molecule has 1 aliphatic rings. The van der Waals surface area contributed by atoms with Gasteiger partial charge in [0.2, 0.25) is 0 Å². The zero-order valence-electron chi connectivity index (χ0n) is 7.46. The summed E-state index contributed by atoms with van der Waals surface area (Å²) in [6.45, 7) is 2.56. The molecule has 0 bridgehead atoms. The highest BCUT2D eigenvalue weighted by Crippen LogP contribution is 2.32. The molecule has 0 aromatic heterocycles. The molecular weight excluding hydrogens is 230 g/mol. The number of hydroxylamine groups is 2. The van der Waals surface area contributed by atoms with Crippen LogP contribution in [0.4, 0.5) is 0 Å². The lowest BCUT2D eigenvalue weighted by atomic mass is 9.95. The van der Waals surface area contributed by atoms with Crippen LogP contribution in [0.15, 0.2) is 22.7 Å². The molecule has 1 heterocycles. The fourth-order valence-electron chi connectivity index (χ4n) is 1.80. The van der Waals surface area contributed by atoms with Crippen molar-refractivity contribution < 1.29 is 0 Å². The van der Waals surface area contributed by atoms with Crippen molar-refractivity contribution in [3.63, 3.8) is 0 Å². The van der Waals surface area contributed by atoms with Gasteiger partial charge < -0.3 is 10.3 Å². The van der Waals surface area contributed by atoms with Crippen molar-refractivity contribution in [2.45, 2.75) is 19.4 Å². The first-order valence-electron chi connectivity index (χ1n) is 4.41. The second kappa shape index (κ2) is 3.40. The molecule has 0 N–H and O–H groups in total. The zero-order chi connectivity index (χ0) is 9.42. The minimum Gasteiger partial charge on any atom is -0.785 e. The van der Waals surface area contributed by atoms with Gasteiger partial charge in [-0.15, -0.1) is 0 Å². The topological polar surface area (TPSA) is 26.3 Å². The van der Waals surface area contributed by atoms with Crippen LogP contribution in [-0.4, -0.2) is 11.6 Å². The second-order valence-electron chi connectivity index (χ2n) is 3.37. The Balaban J connectivity index is 2.49. The first-order chi connectivity index (χ1) is 6.20. The summed E-state index contributed by atoms with van der Waals surface area (Å²) in [7, 11) is 0. The van der Waals surface area contributed by atoms with E-state index in [9.17, 15) is 5.21 Å². The smallest absolute Gasteiger partial charge is 0.0211 e. The summed E-state index contributed by atoms with van der Waals surface area (Å²) in [4.78, 5) is 0. The zero-order valence-corrected chi connectivity index (χ0v) is 9.04. The Morgan fingerprint density at radius 2 is 2.31 bits per heavy atom. The van der Waals surface area contributed by atoms with E-state index in [1.807, 2.05) is 25.1 Å². The Bertz CT molecular complexity index is 327. The minimum absolute atomic E-state index is 0.00116. The Morgan fingerprint density at radius 3 is 3.08 bits per heavy atom. The lowest BCUT2D eigenvalue weighted by molar-refractivity contribution is 0.283. The third-order valence-corrected chi connectivity index (χ3v) is 3.36. The molecule has 2 rings (SSSR count).